The molecule has 2 aliphatic rings. The van der Waals surface area contributed by atoms with E-state index in [0.717, 1.165) is 44.3 Å². The van der Waals surface area contributed by atoms with E-state index in [4.69, 9.17) is 0 Å². The standard InChI is InChI=1S/C27H35F2N/c1-3-23(30(4-2)19-14-21-8-6-5-7-9-21)12-10-22-11-13-24(26(28)15-16-26)25(20-22)27(29)17-18-27/h5-9,11,13,20,23H,3-4,10,12,14-19H2,1-2H3. The van der Waals surface area contributed by atoms with Gasteiger partial charge in [-0.15, -0.1) is 0 Å². The van der Waals surface area contributed by atoms with E-state index >= 15 is 0 Å². The summed E-state index contributed by atoms with van der Waals surface area (Å²) in [6.45, 7) is 6.58. The average molecular weight is 412 g/mol. The minimum Gasteiger partial charge on any atom is -0.300 e. The highest BCUT2D eigenvalue weighted by atomic mass is 19.1. The third kappa shape index (κ3) is 4.77. The zero-order valence-corrected chi connectivity index (χ0v) is 18.5. The third-order valence-corrected chi connectivity index (χ3v) is 7.12. The second-order valence-corrected chi connectivity index (χ2v) is 9.28. The lowest BCUT2D eigenvalue weighted by atomic mass is 9.92. The molecule has 30 heavy (non-hydrogen) atoms. The van der Waals surface area contributed by atoms with Crippen molar-refractivity contribution in [3.05, 3.63) is 70.8 Å². The first-order chi connectivity index (χ1) is 14.5. The van der Waals surface area contributed by atoms with Gasteiger partial charge in [0.05, 0.1) is 0 Å². The van der Waals surface area contributed by atoms with Crippen LogP contribution in [0.1, 0.15) is 74.6 Å². The maximum absolute atomic E-state index is 15.0. The number of halogens is 2. The van der Waals surface area contributed by atoms with Gasteiger partial charge in [0.15, 0.2) is 0 Å². The van der Waals surface area contributed by atoms with Gasteiger partial charge in [0, 0.05) is 12.6 Å². The SMILES string of the molecule is CCC(CCc1ccc(C2(F)CC2)c(C2(F)CC2)c1)N(CC)CCc1ccccc1. The van der Waals surface area contributed by atoms with Crippen molar-refractivity contribution in [2.45, 2.75) is 82.6 Å². The van der Waals surface area contributed by atoms with Gasteiger partial charge in [-0.05, 0) is 80.2 Å². The van der Waals surface area contributed by atoms with Crippen molar-refractivity contribution in [3.8, 4) is 0 Å². The van der Waals surface area contributed by atoms with Gasteiger partial charge in [-0.2, -0.15) is 0 Å². The normalized spacial score (nSPS) is 19.6. The molecule has 2 aromatic carbocycles. The lowest BCUT2D eigenvalue weighted by molar-refractivity contribution is 0.193. The molecule has 3 heteroatoms. The number of likely N-dealkylation sites (N-methyl/N-ethyl adjacent to an activating group) is 1. The molecule has 162 valence electrons. The number of hydrogen-bond donors (Lipinski definition) is 0. The molecule has 2 aromatic rings. The van der Waals surface area contributed by atoms with E-state index in [0.29, 0.717) is 42.9 Å². The van der Waals surface area contributed by atoms with Crippen LogP contribution in [0.15, 0.2) is 48.5 Å². The van der Waals surface area contributed by atoms with E-state index in [2.05, 4.69) is 49.1 Å². The summed E-state index contributed by atoms with van der Waals surface area (Å²) >= 11 is 0. The van der Waals surface area contributed by atoms with Gasteiger partial charge in [-0.1, -0.05) is 62.4 Å². The van der Waals surface area contributed by atoms with Crippen LogP contribution in [-0.4, -0.2) is 24.0 Å². The zero-order valence-electron chi connectivity index (χ0n) is 18.5. The smallest absolute Gasteiger partial charge is 0.136 e. The fraction of sp³-hybridized carbons (Fsp3) is 0.556. The van der Waals surface area contributed by atoms with Crippen LogP contribution in [0.3, 0.4) is 0 Å². The first kappa shape index (κ1) is 21.5. The molecule has 0 aromatic heterocycles. The molecule has 1 nitrogen and oxygen atoms in total. The molecular formula is C27H35F2N. The lowest BCUT2D eigenvalue weighted by Gasteiger charge is -2.30. The Morgan fingerprint density at radius 3 is 2.10 bits per heavy atom. The summed E-state index contributed by atoms with van der Waals surface area (Å²) in [5, 5.41) is 0. The zero-order chi connectivity index (χ0) is 21.2. The Morgan fingerprint density at radius 2 is 1.50 bits per heavy atom. The van der Waals surface area contributed by atoms with Crippen LogP contribution in [0.4, 0.5) is 8.78 Å². The van der Waals surface area contributed by atoms with Crippen molar-refractivity contribution in [1.29, 1.82) is 0 Å². The Hall–Kier alpha value is -1.74. The van der Waals surface area contributed by atoms with Crippen molar-refractivity contribution in [2.24, 2.45) is 0 Å². The van der Waals surface area contributed by atoms with E-state index in [1.165, 1.54) is 5.56 Å². The van der Waals surface area contributed by atoms with Gasteiger partial charge < -0.3 is 4.90 Å². The first-order valence-corrected chi connectivity index (χ1v) is 11.8. The molecular weight excluding hydrogens is 376 g/mol. The lowest BCUT2D eigenvalue weighted by Crippen LogP contribution is -2.36. The van der Waals surface area contributed by atoms with Gasteiger partial charge in [0.25, 0.3) is 0 Å². The molecule has 1 atom stereocenters. The molecule has 2 saturated carbocycles. The second-order valence-electron chi connectivity index (χ2n) is 9.28. The Kier molecular flexibility index (Phi) is 6.29. The molecule has 0 saturated heterocycles. The molecule has 2 fully saturated rings. The van der Waals surface area contributed by atoms with Crippen LogP contribution in [0.5, 0.6) is 0 Å². The molecule has 0 N–H and O–H groups in total. The highest BCUT2D eigenvalue weighted by molar-refractivity contribution is 5.44. The van der Waals surface area contributed by atoms with Gasteiger partial charge in [-0.25, -0.2) is 8.78 Å². The van der Waals surface area contributed by atoms with Crippen molar-refractivity contribution >= 4 is 0 Å². The number of nitrogens with zero attached hydrogens (tertiary/aromatic N) is 1. The van der Waals surface area contributed by atoms with Gasteiger partial charge in [-0.3, -0.25) is 0 Å². The molecule has 0 heterocycles. The van der Waals surface area contributed by atoms with Gasteiger partial charge in [0.2, 0.25) is 0 Å². The summed E-state index contributed by atoms with van der Waals surface area (Å²) in [4.78, 5) is 2.57. The maximum atomic E-state index is 15.0. The first-order valence-electron chi connectivity index (χ1n) is 11.8. The van der Waals surface area contributed by atoms with Crippen LogP contribution in [0, 0.1) is 0 Å². The van der Waals surface area contributed by atoms with E-state index in [1.807, 2.05) is 18.2 Å². The number of aryl methyl sites for hydroxylation is 1. The minimum atomic E-state index is -1.28. The van der Waals surface area contributed by atoms with Crippen LogP contribution in [0.2, 0.25) is 0 Å². The Bertz CT molecular complexity index is 839. The number of benzene rings is 2. The monoisotopic (exact) mass is 411 g/mol. The average Bonchev–Trinajstić information content (AvgIpc) is 3.70. The van der Waals surface area contributed by atoms with E-state index in [-0.39, 0.29) is 0 Å². The second kappa shape index (κ2) is 8.78. The van der Waals surface area contributed by atoms with E-state index in [1.54, 1.807) is 0 Å². The summed E-state index contributed by atoms with van der Waals surface area (Å²) < 4.78 is 29.7. The Balaban J connectivity index is 1.40. The summed E-state index contributed by atoms with van der Waals surface area (Å²) in [6, 6.07) is 17.1. The van der Waals surface area contributed by atoms with Gasteiger partial charge in [0.1, 0.15) is 11.3 Å². The number of hydrogen-bond acceptors (Lipinski definition) is 1. The molecule has 1 unspecified atom stereocenters. The highest BCUT2D eigenvalue weighted by Crippen LogP contribution is 2.58. The van der Waals surface area contributed by atoms with Crippen LogP contribution in [-0.2, 0) is 24.2 Å². The van der Waals surface area contributed by atoms with Crippen LogP contribution < -0.4 is 0 Å². The Morgan fingerprint density at radius 1 is 0.833 bits per heavy atom. The largest absolute Gasteiger partial charge is 0.300 e. The van der Waals surface area contributed by atoms with Crippen LogP contribution >= 0.6 is 0 Å². The van der Waals surface area contributed by atoms with Gasteiger partial charge >= 0.3 is 0 Å². The number of alkyl halides is 2. The molecule has 4 rings (SSSR count). The van der Waals surface area contributed by atoms with E-state index < -0.39 is 11.3 Å². The van der Waals surface area contributed by atoms with Crippen molar-refractivity contribution in [3.63, 3.8) is 0 Å². The molecule has 2 aliphatic carbocycles. The van der Waals surface area contributed by atoms with Crippen LogP contribution in [0.25, 0.3) is 0 Å². The topological polar surface area (TPSA) is 3.24 Å². The molecule has 0 spiro atoms. The predicted molar refractivity (Wildman–Crippen MR) is 120 cm³/mol. The quantitative estimate of drug-likeness (QED) is 0.389. The fourth-order valence-corrected chi connectivity index (χ4v) is 4.76. The Labute approximate surface area is 180 Å². The van der Waals surface area contributed by atoms with Crippen molar-refractivity contribution in [1.82, 2.24) is 4.90 Å². The number of rotatable bonds is 11. The molecule has 0 radical (unpaired) electrons. The summed E-state index contributed by atoms with van der Waals surface area (Å²) in [5.74, 6) is 0. The predicted octanol–water partition coefficient (Wildman–Crippen LogP) is 6.88. The van der Waals surface area contributed by atoms with E-state index in [9.17, 15) is 8.78 Å². The third-order valence-electron chi connectivity index (χ3n) is 7.12. The maximum Gasteiger partial charge on any atom is 0.136 e. The molecule has 0 bridgehead atoms. The van der Waals surface area contributed by atoms with Crippen molar-refractivity contribution in [2.75, 3.05) is 13.1 Å². The molecule has 0 amide bonds. The summed E-state index contributed by atoms with van der Waals surface area (Å²) in [6.07, 6.45) is 6.31. The van der Waals surface area contributed by atoms with Crippen molar-refractivity contribution < 1.29 is 8.78 Å². The highest BCUT2D eigenvalue weighted by Gasteiger charge is 2.53. The minimum absolute atomic E-state index is 0.512. The summed E-state index contributed by atoms with van der Waals surface area (Å²) in [5.41, 5.74) is 1.25. The summed E-state index contributed by atoms with van der Waals surface area (Å²) in [7, 11) is 0. The fourth-order valence-electron chi connectivity index (χ4n) is 4.76. The molecule has 0 aliphatic heterocycles.